The van der Waals surface area contributed by atoms with Gasteiger partial charge in [-0.3, -0.25) is 4.98 Å². The molecule has 3 nitrogen and oxygen atoms in total. The molecule has 1 heterocycles. The number of aliphatic hydroxyl groups is 1. The van der Waals surface area contributed by atoms with Gasteiger partial charge < -0.3 is 10.4 Å². The number of aliphatic hydroxyl groups excluding tert-OH is 1. The highest BCUT2D eigenvalue weighted by atomic mass is 16.3. The molecule has 1 saturated carbocycles. The van der Waals surface area contributed by atoms with Crippen LogP contribution in [0.1, 0.15) is 50.7 Å². The summed E-state index contributed by atoms with van der Waals surface area (Å²) in [5, 5.41) is 13.6. The maximum Gasteiger partial charge on any atom is 0.0915 e. The van der Waals surface area contributed by atoms with Gasteiger partial charge in [-0.1, -0.05) is 26.2 Å². The van der Waals surface area contributed by atoms with Crippen LogP contribution in [-0.2, 0) is 0 Å². The van der Waals surface area contributed by atoms with Gasteiger partial charge in [-0.05, 0) is 36.5 Å². The van der Waals surface area contributed by atoms with Gasteiger partial charge in [0.15, 0.2) is 0 Å². The Labute approximate surface area is 110 Å². The lowest BCUT2D eigenvalue weighted by atomic mass is 9.84. The van der Waals surface area contributed by atoms with Crippen LogP contribution in [0.5, 0.6) is 0 Å². The first-order valence-corrected chi connectivity index (χ1v) is 7.11. The van der Waals surface area contributed by atoms with Crippen LogP contribution in [0.4, 0.5) is 0 Å². The van der Waals surface area contributed by atoms with Crippen LogP contribution in [0, 0.1) is 5.92 Å². The second kappa shape index (κ2) is 6.86. The fourth-order valence-electron chi connectivity index (χ4n) is 2.83. The molecule has 3 unspecified atom stereocenters. The lowest BCUT2D eigenvalue weighted by Crippen LogP contribution is -2.36. The van der Waals surface area contributed by atoms with Crippen LogP contribution in [-0.4, -0.2) is 22.7 Å². The Morgan fingerprint density at radius 3 is 2.89 bits per heavy atom. The van der Waals surface area contributed by atoms with Crippen molar-refractivity contribution in [3.05, 3.63) is 30.1 Å². The van der Waals surface area contributed by atoms with Gasteiger partial charge in [-0.15, -0.1) is 0 Å². The zero-order chi connectivity index (χ0) is 12.8. The van der Waals surface area contributed by atoms with E-state index in [1.165, 1.54) is 32.1 Å². The largest absolute Gasteiger partial charge is 0.387 e. The van der Waals surface area contributed by atoms with E-state index in [-0.39, 0.29) is 0 Å². The van der Waals surface area contributed by atoms with E-state index in [9.17, 15) is 5.11 Å². The minimum Gasteiger partial charge on any atom is -0.387 e. The minimum atomic E-state index is -0.421. The van der Waals surface area contributed by atoms with Crippen LogP contribution in [0.25, 0.3) is 0 Å². The lowest BCUT2D eigenvalue weighted by Gasteiger charge is -2.30. The number of hydrogen-bond acceptors (Lipinski definition) is 3. The highest BCUT2D eigenvalue weighted by Gasteiger charge is 2.21. The third-order valence-electron chi connectivity index (χ3n) is 4.05. The summed E-state index contributed by atoms with van der Waals surface area (Å²) in [6.45, 7) is 2.92. The van der Waals surface area contributed by atoms with Crippen LogP contribution in [0.2, 0.25) is 0 Å². The number of nitrogens with one attached hydrogen (secondary N) is 1. The summed E-state index contributed by atoms with van der Waals surface area (Å²) < 4.78 is 0. The topological polar surface area (TPSA) is 45.1 Å². The maximum absolute atomic E-state index is 10.1. The smallest absolute Gasteiger partial charge is 0.0915 e. The summed E-state index contributed by atoms with van der Waals surface area (Å²) in [5.74, 6) is 0.870. The molecule has 1 aliphatic rings. The summed E-state index contributed by atoms with van der Waals surface area (Å²) in [7, 11) is 0. The van der Waals surface area contributed by atoms with Crippen molar-refractivity contribution >= 4 is 0 Å². The zero-order valence-electron chi connectivity index (χ0n) is 11.2. The summed E-state index contributed by atoms with van der Waals surface area (Å²) in [4.78, 5) is 3.97. The van der Waals surface area contributed by atoms with Crippen LogP contribution < -0.4 is 5.32 Å². The second-order valence-corrected chi connectivity index (χ2v) is 5.34. The molecule has 3 heteroatoms. The monoisotopic (exact) mass is 248 g/mol. The van der Waals surface area contributed by atoms with Crippen molar-refractivity contribution < 1.29 is 5.11 Å². The molecule has 100 valence electrons. The number of rotatable bonds is 5. The van der Waals surface area contributed by atoms with Crippen molar-refractivity contribution in [3.8, 4) is 0 Å². The van der Waals surface area contributed by atoms with Crippen LogP contribution >= 0.6 is 0 Å². The Kier molecular flexibility index (Phi) is 5.14. The third-order valence-corrected chi connectivity index (χ3v) is 4.05. The molecule has 0 aliphatic heterocycles. The van der Waals surface area contributed by atoms with E-state index in [4.69, 9.17) is 0 Å². The lowest BCUT2D eigenvalue weighted by molar-refractivity contribution is 0.160. The van der Waals surface area contributed by atoms with Gasteiger partial charge in [0, 0.05) is 25.0 Å². The molecule has 2 rings (SSSR count). The fraction of sp³-hybridized carbons (Fsp3) is 0.667. The molecule has 1 aromatic heterocycles. The molecule has 0 aromatic carbocycles. The fourth-order valence-corrected chi connectivity index (χ4v) is 2.83. The van der Waals surface area contributed by atoms with E-state index >= 15 is 0 Å². The van der Waals surface area contributed by atoms with Crippen LogP contribution in [0.15, 0.2) is 24.5 Å². The van der Waals surface area contributed by atoms with Gasteiger partial charge in [-0.25, -0.2) is 0 Å². The van der Waals surface area contributed by atoms with E-state index in [0.717, 1.165) is 11.5 Å². The average molecular weight is 248 g/mol. The summed E-state index contributed by atoms with van der Waals surface area (Å²) in [6, 6.07) is 4.34. The highest BCUT2D eigenvalue weighted by Crippen LogP contribution is 2.26. The summed E-state index contributed by atoms with van der Waals surface area (Å²) >= 11 is 0. The Balaban J connectivity index is 1.77. The number of pyridine rings is 1. The number of nitrogens with zero attached hydrogens (tertiary/aromatic N) is 1. The molecule has 0 radical (unpaired) electrons. The predicted molar refractivity (Wildman–Crippen MR) is 73.2 cm³/mol. The van der Waals surface area contributed by atoms with Crippen molar-refractivity contribution in [1.82, 2.24) is 10.3 Å². The normalized spacial score (nSPS) is 25.9. The standard InChI is InChI=1S/C15H24N2O/c1-2-12-4-3-5-14(10-12)17-11-15(18)13-6-8-16-9-7-13/h6-9,12,14-15,17-18H,2-5,10-11H2,1H3. The van der Waals surface area contributed by atoms with E-state index in [1.54, 1.807) is 12.4 Å². The molecular weight excluding hydrogens is 224 g/mol. The number of aromatic nitrogens is 1. The van der Waals surface area contributed by atoms with Gasteiger partial charge in [-0.2, -0.15) is 0 Å². The molecule has 1 aliphatic carbocycles. The predicted octanol–water partition coefficient (Wildman–Crippen LogP) is 2.67. The third kappa shape index (κ3) is 3.79. The van der Waals surface area contributed by atoms with E-state index in [2.05, 4.69) is 17.2 Å². The second-order valence-electron chi connectivity index (χ2n) is 5.34. The molecule has 0 spiro atoms. The Bertz CT molecular complexity index is 342. The first kappa shape index (κ1) is 13.5. The molecule has 3 atom stereocenters. The SMILES string of the molecule is CCC1CCCC(NCC(O)c2ccncc2)C1. The van der Waals surface area contributed by atoms with E-state index in [0.29, 0.717) is 12.6 Å². The molecule has 0 amide bonds. The first-order valence-electron chi connectivity index (χ1n) is 7.11. The molecule has 1 fully saturated rings. The molecule has 0 bridgehead atoms. The maximum atomic E-state index is 10.1. The average Bonchev–Trinajstić information content (AvgIpc) is 2.46. The van der Waals surface area contributed by atoms with Crippen molar-refractivity contribution in [2.75, 3.05) is 6.54 Å². The van der Waals surface area contributed by atoms with Gasteiger partial charge in [0.25, 0.3) is 0 Å². The molecular formula is C15H24N2O. The molecule has 18 heavy (non-hydrogen) atoms. The quantitative estimate of drug-likeness (QED) is 0.842. The molecule has 2 N–H and O–H groups in total. The van der Waals surface area contributed by atoms with Crippen molar-refractivity contribution in [2.24, 2.45) is 5.92 Å². The zero-order valence-corrected chi connectivity index (χ0v) is 11.2. The highest BCUT2D eigenvalue weighted by molar-refractivity contribution is 5.13. The molecule has 1 aromatic rings. The van der Waals surface area contributed by atoms with E-state index in [1.807, 2.05) is 12.1 Å². The summed E-state index contributed by atoms with van der Waals surface area (Å²) in [6.07, 6.45) is 9.53. The Morgan fingerprint density at radius 2 is 2.17 bits per heavy atom. The van der Waals surface area contributed by atoms with Gasteiger partial charge in [0.2, 0.25) is 0 Å². The van der Waals surface area contributed by atoms with Crippen LogP contribution in [0.3, 0.4) is 0 Å². The van der Waals surface area contributed by atoms with Crippen molar-refractivity contribution in [3.63, 3.8) is 0 Å². The van der Waals surface area contributed by atoms with Gasteiger partial charge in [0.1, 0.15) is 0 Å². The van der Waals surface area contributed by atoms with Gasteiger partial charge in [0.05, 0.1) is 6.10 Å². The van der Waals surface area contributed by atoms with Crippen molar-refractivity contribution in [2.45, 2.75) is 51.2 Å². The minimum absolute atomic E-state index is 0.421. The Hall–Kier alpha value is -0.930. The Morgan fingerprint density at radius 1 is 1.39 bits per heavy atom. The summed E-state index contributed by atoms with van der Waals surface area (Å²) in [5.41, 5.74) is 0.945. The van der Waals surface area contributed by atoms with Gasteiger partial charge >= 0.3 is 0 Å². The molecule has 0 saturated heterocycles. The van der Waals surface area contributed by atoms with Crippen molar-refractivity contribution in [1.29, 1.82) is 0 Å². The first-order chi connectivity index (χ1) is 8.79. The van der Waals surface area contributed by atoms with E-state index < -0.39 is 6.10 Å². The number of hydrogen-bond donors (Lipinski definition) is 2.